The summed E-state index contributed by atoms with van der Waals surface area (Å²) < 4.78 is 5.49. The number of rotatable bonds is 5. The normalized spacial score (nSPS) is 16.3. The molecule has 108 valence electrons. The molecule has 1 aliphatic heterocycles. The number of hydrogen-bond acceptors (Lipinski definition) is 4. The molecule has 0 bridgehead atoms. The molecule has 1 aromatic carbocycles. The van der Waals surface area contributed by atoms with Crippen molar-refractivity contribution in [2.75, 3.05) is 25.0 Å². The van der Waals surface area contributed by atoms with Gasteiger partial charge in [-0.2, -0.15) is 0 Å². The van der Waals surface area contributed by atoms with Crippen molar-refractivity contribution in [3.05, 3.63) is 28.8 Å². The molecule has 1 fully saturated rings. The van der Waals surface area contributed by atoms with Crippen molar-refractivity contribution in [2.24, 2.45) is 0 Å². The molecule has 0 saturated carbocycles. The number of benzene rings is 1. The molecule has 1 aromatic rings. The molecule has 20 heavy (non-hydrogen) atoms. The van der Waals surface area contributed by atoms with E-state index in [-0.39, 0.29) is 28.7 Å². The standard InChI is InChI=1S/C13H15ClN2O4/c1-13(6-15-7-13)20-5-11(17)16-10-3-2-8(12(18)19)4-9(10)14/h2-4,15H,5-7H2,1H3,(H,16,17)(H,18,19). The van der Waals surface area contributed by atoms with Gasteiger partial charge in [-0.25, -0.2) is 4.79 Å². The summed E-state index contributed by atoms with van der Waals surface area (Å²) in [4.78, 5) is 22.5. The van der Waals surface area contributed by atoms with E-state index in [9.17, 15) is 9.59 Å². The summed E-state index contributed by atoms with van der Waals surface area (Å²) in [5.74, 6) is -1.40. The first-order chi connectivity index (χ1) is 9.39. The van der Waals surface area contributed by atoms with Gasteiger partial charge in [0.15, 0.2) is 0 Å². The van der Waals surface area contributed by atoms with Gasteiger partial charge in [0.2, 0.25) is 5.91 Å². The quantitative estimate of drug-likeness (QED) is 0.764. The van der Waals surface area contributed by atoms with E-state index >= 15 is 0 Å². The predicted molar refractivity (Wildman–Crippen MR) is 74.3 cm³/mol. The van der Waals surface area contributed by atoms with Gasteiger partial charge in [-0.05, 0) is 25.1 Å². The highest BCUT2D eigenvalue weighted by atomic mass is 35.5. The Hall–Kier alpha value is -1.63. The zero-order chi connectivity index (χ0) is 14.8. The van der Waals surface area contributed by atoms with Gasteiger partial charge < -0.3 is 20.5 Å². The van der Waals surface area contributed by atoms with Crippen molar-refractivity contribution in [3.63, 3.8) is 0 Å². The van der Waals surface area contributed by atoms with Crippen molar-refractivity contribution in [1.82, 2.24) is 5.32 Å². The molecule has 1 saturated heterocycles. The second-order valence-corrected chi connectivity index (χ2v) is 5.30. The second kappa shape index (κ2) is 5.78. The summed E-state index contributed by atoms with van der Waals surface area (Å²) in [6.07, 6.45) is 0. The predicted octanol–water partition coefficient (Wildman–Crippen LogP) is 1.36. The molecule has 3 N–H and O–H groups in total. The average Bonchev–Trinajstić information content (AvgIpc) is 2.36. The van der Waals surface area contributed by atoms with Crippen LogP contribution in [0.5, 0.6) is 0 Å². The number of anilines is 1. The fourth-order valence-electron chi connectivity index (χ4n) is 1.75. The summed E-state index contributed by atoms with van der Waals surface area (Å²) in [7, 11) is 0. The van der Waals surface area contributed by atoms with Crippen LogP contribution in [0.25, 0.3) is 0 Å². The minimum Gasteiger partial charge on any atom is -0.478 e. The third-order valence-corrected chi connectivity index (χ3v) is 3.35. The van der Waals surface area contributed by atoms with Crippen molar-refractivity contribution in [2.45, 2.75) is 12.5 Å². The number of halogens is 1. The lowest BCUT2D eigenvalue weighted by Crippen LogP contribution is -2.59. The van der Waals surface area contributed by atoms with Gasteiger partial charge in [-0.3, -0.25) is 4.79 Å². The van der Waals surface area contributed by atoms with Crippen molar-refractivity contribution in [1.29, 1.82) is 0 Å². The first-order valence-electron chi connectivity index (χ1n) is 6.07. The first kappa shape index (κ1) is 14.8. The van der Waals surface area contributed by atoms with Gasteiger partial charge in [0.25, 0.3) is 0 Å². The number of carboxylic acid groups (broad SMARTS) is 1. The monoisotopic (exact) mass is 298 g/mol. The van der Waals surface area contributed by atoms with Crippen LogP contribution in [0.1, 0.15) is 17.3 Å². The Bertz CT molecular complexity index is 543. The molecule has 1 amide bonds. The van der Waals surface area contributed by atoms with E-state index in [2.05, 4.69) is 10.6 Å². The number of nitrogens with one attached hydrogen (secondary N) is 2. The topological polar surface area (TPSA) is 87.7 Å². The lowest BCUT2D eigenvalue weighted by molar-refractivity contribution is -0.130. The Morgan fingerprint density at radius 3 is 2.70 bits per heavy atom. The molecule has 1 heterocycles. The minimum atomic E-state index is -1.07. The van der Waals surface area contributed by atoms with E-state index < -0.39 is 5.97 Å². The van der Waals surface area contributed by atoms with Crippen molar-refractivity contribution >= 4 is 29.2 Å². The molecule has 0 radical (unpaired) electrons. The third-order valence-electron chi connectivity index (χ3n) is 3.04. The molecule has 0 unspecified atom stereocenters. The molecular formula is C13H15ClN2O4. The lowest BCUT2D eigenvalue weighted by atomic mass is 10.0. The summed E-state index contributed by atoms with van der Waals surface area (Å²) in [6.45, 7) is 3.28. The van der Waals surface area contributed by atoms with Gasteiger partial charge in [0.05, 0.1) is 21.9 Å². The van der Waals surface area contributed by atoms with Gasteiger partial charge in [0, 0.05) is 13.1 Å². The lowest BCUT2D eigenvalue weighted by Gasteiger charge is -2.38. The summed E-state index contributed by atoms with van der Waals surface area (Å²) in [5.41, 5.74) is 0.133. The Kier molecular flexibility index (Phi) is 4.27. The Morgan fingerprint density at radius 1 is 1.50 bits per heavy atom. The number of ether oxygens (including phenoxy) is 1. The molecule has 0 aliphatic carbocycles. The molecule has 6 nitrogen and oxygen atoms in total. The van der Waals surface area contributed by atoms with Crippen LogP contribution in [-0.2, 0) is 9.53 Å². The van der Waals surface area contributed by atoms with E-state index in [0.717, 1.165) is 0 Å². The number of aromatic carboxylic acids is 1. The van der Waals surface area contributed by atoms with Crippen molar-refractivity contribution < 1.29 is 19.4 Å². The maximum Gasteiger partial charge on any atom is 0.335 e. The molecule has 0 spiro atoms. The van der Waals surface area contributed by atoms with Gasteiger partial charge in [-0.15, -0.1) is 0 Å². The van der Waals surface area contributed by atoms with Gasteiger partial charge >= 0.3 is 5.97 Å². The maximum atomic E-state index is 11.7. The molecular weight excluding hydrogens is 284 g/mol. The van der Waals surface area contributed by atoms with Gasteiger partial charge in [-0.1, -0.05) is 11.6 Å². The maximum absolute atomic E-state index is 11.7. The Balaban J connectivity index is 1.92. The highest BCUT2D eigenvalue weighted by Gasteiger charge is 2.33. The van der Waals surface area contributed by atoms with E-state index in [4.69, 9.17) is 21.4 Å². The van der Waals surface area contributed by atoms with Crippen LogP contribution < -0.4 is 10.6 Å². The van der Waals surface area contributed by atoms with E-state index in [1.807, 2.05) is 6.92 Å². The summed E-state index contributed by atoms with van der Waals surface area (Å²) in [6, 6.07) is 4.12. The highest BCUT2D eigenvalue weighted by Crippen LogP contribution is 2.23. The van der Waals surface area contributed by atoms with E-state index in [1.165, 1.54) is 18.2 Å². The zero-order valence-corrected chi connectivity index (χ0v) is 11.7. The fourth-order valence-corrected chi connectivity index (χ4v) is 1.98. The number of hydrogen-bond donors (Lipinski definition) is 3. The molecule has 2 rings (SSSR count). The number of carboxylic acids is 1. The van der Waals surface area contributed by atoms with Crippen LogP contribution in [0.15, 0.2) is 18.2 Å². The highest BCUT2D eigenvalue weighted by molar-refractivity contribution is 6.34. The molecule has 0 aromatic heterocycles. The number of carbonyl (C=O) groups is 2. The molecule has 1 aliphatic rings. The van der Waals surface area contributed by atoms with Crippen LogP contribution in [0.2, 0.25) is 5.02 Å². The summed E-state index contributed by atoms with van der Waals surface area (Å²) in [5, 5.41) is 14.6. The van der Waals surface area contributed by atoms with E-state index in [1.54, 1.807) is 0 Å². The first-order valence-corrected chi connectivity index (χ1v) is 6.45. The zero-order valence-electron chi connectivity index (χ0n) is 10.9. The van der Waals surface area contributed by atoms with Crippen molar-refractivity contribution in [3.8, 4) is 0 Å². The van der Waals surface area contributed by atoms with Crippen LogP contribution >= 0.6 is 11.6 Å². The third kappa shape index (κ3) is 3.47. The van der Waals surface area contributed by atoms with Crippen LogP contribution in [0, 0.1) is 0 Å². The Labute approximate surface area is 121 Å². The SMILES string of the molecule is CC1(OCC(=O)Nc2ccc(C(=O)O)cc2Cl)CNC1. The number of carbonyl (C=O) groups excluding carboxylic acids is 1. The van der Waals surface area contributed by atoms with E-state index in [0.29, 0.717) is 18.8 Å². The molecule has 0 atom stereocenters. The minimum absolute atomic E-state index is 0.0669. The average molecular weight is 299 g/mol. The fraction of sp³-hybridized carbons (Fsp3) is 0.385. The van der Waals surface area contributed by atoms with Crippen LogP contribution in [0.3, 0.4) is 0 Å². The van der Waals surface area contributed by atoms with Crippen LogP contribution in [-0.4, -0.2) is 42.3 Å². The number of amides is 1. The van der Waals surface area contributed by atoms with Crippen LogP contribution in [0.4, 0.5) is 5.69 Å². The molecule has 7 heteroatoms. The smallest absolute Gasteiger partial charge is 0.335 e. The Morgan fingerprint density at radius 2 is 2.20 bits per heavy atom. The summed E-state index contributed by atoms with van der Waals surface area (Å²) >= 11 is 5.92. The largest absolute Gasteiger partial charge is 0.478 e. The van der Waals surface area contributed by atoms with Gasteiger partial charge in [0.1, 0.15) is 6.61 Å². The second-order valence-electron chi connectivity index (χ2n) is 4.89.